The number of anilines is 2. The molecule has 1 amide bonds. The third-order valence-corrected chi connectivity index (χ3v) is 5.90. The van der Waals surface area contributed by atoms with Crippen molar-refractivity contribution in [3.63, 3.8) is 0 Å². The summed E-state index contributed by atoms with van der Waals surface area (Å²) in [5, 5.41) is 11.9. The minimum absolute atomic E-state index is 0.0672. The van der Waals surface area contributed by atoms with Crippen LogP contribution in [0.5, 0.6) is 0 Å². The molecular weight excluding hydrogens is 382 g/mol. The molecule has 3 aromatic rings. The highest BCUT2D eigenvalue weighted by molar-refractivity contribution is 7.98. The Hall–Kier alpha value is -2.93. The second kappa shape index (κ2) is 9.05. The summed E-state index contributed by atoms with van der Waals surface area (Å²) >= 11 is 1.63. The predicted molar refractivity (Wildman–Crippen MR) is 117 cm³/mol. The fourth-order valence-corrected chi connectivity index (χ4v) is 4.11. The highest BCUT2D eigenvalue weighted by Gasteiger charge is 2.27. The molecule has 1 aliphatic heterocycles. The summed E-state index contributed by atoms with van der Waals surface area (Å²) in [5.74, 6) is 0.808. The summed E-state index contributed by atoms with van der Waals surface area (Å²) in [6, 6.07) is 15.7. The number of hydrogen-bond acceptors (Lipinski definition) is 6. The van der Waals surface area contributed by atoms with Gasteiger partial charge in [-0.05, 0) is 55.5 Å². The van der Waals surface area contributed by atoms with E-state index in [1.165, 1.54) is 0 Å². The van der Waals surface area contributed by atoms with Crippen molar-refractivity contribution in [3.05, 3.63) is 60.9 Å². The maximum atomic E-state index is 12.9. The lowest BCUT2D eigenvalue weighted by molar-refractivity contribution is -0.120. The summed E-state index contributed by atoms with van der Waals surface area (Å²) in [5.41, 5.74) is 2.68. The van der Waals surface area contributed by atoms with Crippen molar-refractivity contribution >= 4 is 29.2 Å². The first kappa shape index (κ1) is 19.4. The first-order valence-electron chi connectivity index (χ1n) is 9.67. The Kier molecular flexibility index (Phi) is 6.05. The highest BCUT2D eigenvalue weighted by atomic mass is 32.2. The van der Waals surface area contributed by atoms with E-state index < -0.39 is 0 Å². The molecule has 1 fully saturated rings. The van der Waals surface area contributed by atoms with E-state index in [0.29, 0.717) is 6.54 Å². The fraction of sp³-hybridized carbons (Fsp3) is 0.273. The summed E-state index contributed by atoms with van der Waals surface area (Å²) in [4.78, 5) is 20.1. The third-order valence-electron chi connectivity index (χ3n) is 5.11. The van der Waals surface area contributed by atoms with Crippen LogP contribution in [-0.4, -0.2) is 40.4 Å². The van der Waals surface area contributed by atoms with Crippen LogP contribution in [0.3, 0.4) is 0 Å². The maximum Gasteiger partial charge on any atom is 0.229 e. The van der Waals surface area contributed by atoms with Gasteiger partial charge in [-0.25, -0.2) is 0 Å². The zero-order valence-corrected chi connectivity index (χ0v) is 17.1. The molecule has 1 atom stereocenters. The molecule has 1 aromatic carbocycles. The number of nitrogens with one attached hydrogen (secondary N) is 1. The van der Waals surface area contributed by atoms with Gasteiger partial charge in [0, 0.05) is 35.9 Å². The number of hydrogen-bond donors (Lipinski definition) is 1. The minimum atomic E-state index is -0.0691. The van der Waals surface area contributed by atoms with Crippen LogP contribution in [0.4, 0.5) is 11.5 Å². The molecule has 0 saturated carbocycles. The number of pyridine rings is 1. The smallest absolute Gasteiger partial charge is 0.229 e. The van der Waals surface area contributed by atoms with E-state index in [2.05, 4.69) is 25.4 Å². The van der Waals surface area contributed by atoms with E-state index >= 15 is 0 Å². The van der Waals surface area contributed by atoms with Crippen LogP contribution in [0, 0.1) is 5.92 Å². The Morgan fingerprint density at radius 1 is 1.10 bits per heavy atom. The van der Waals surface area contributed by atoms with Gasteiger partial charge in [-0.1, -0.05) is 12.1 Å². The summed E-state index contributed by atoms with van der Waals surface area (Å²) in [6.07, 6.45) is 7.34. The summed E-state index contributed by atoms with van der Waals surface area (Å²) in [6.45, 7) is 1.53. The van der Waals surface area contributed by atoms with Crippen LogP contribution >= 0.6 is 11.8 Å². The Bertz CT molecular complexity index is 964. The molecule has 7 heteroatoms. The number of aromatic nitrogens is 3. The second-order valence-corrected chi connectivity index (χ2v) is 7.84. The Morgan fingerprint density at radius 3 is 2.69 bits per heavy atom. The summed E-state index contributed by atoms with van der Waals surface area (Å²) in [7, 11) is 0. The number of nitrogens with zero attached hydrogens (tertiary/aromatic N) is 4. The van der Waals surface area contributed by atoms with E-state index in [1.54, 1.807) is 24.2 Å². The highest BCUT2D eigenvalue weighted by Crippen LogP contribution is 2.27. The molecular formula is C22H23N5OS. The average molecular weight is 406 g/mol. The van der Waals surface area contributed by atoms with Crippen LogP contribution in [0.2, 0.25) is 0 Å². The summed E-state index contributed by atoms with van der Waals surface area (Å²) < 4.78 is 0. The third kappa shape index (κ3) is 4.56. The lowest BCUT2D eigenvalue weighted by Gasteiger charge is -2.32. The van der Waals surface area contributed by atoms with Gasteiger partial charge in [0.05, 0.1) is 17.3 Å². The Balaban J connectivity index is 1.43. The van der Waals surface area contributed by atoms with Crippen LogP contribution in [0.1, 0.15) is 12.8 Å². The second-order valence-electron chi connectivity index (χ2n) is 6.99. The average Bonchev–Trinajstić information content (AvgIpc) is 2.80. The number of rotatable bonds is 5. The monoisotopic (exact) mass is 405 g/mol. The van der Waals surface area contributed by atoms with Crippen molar-refractivity contribution in [3.8, 4) is 11.3 Å². The first-order valence-corrected chi connectivity index (χ1v) is 10.9. The normalized spacial score (nSPS) is 16.4. The van der Waals surface area contributed by atoms with Gasteiger partial charge >= 0.3 is 0 Å². The molecule has 1 unspecified atom stereocenters. The number of carbonyl (C=O) groups is 1. The fourth-order valence-electron chi connectivity index (χ4n) is 3.55. The van der Waals surface area contributed by atoms with Crippen LogP contribution in [0.15, 0.2) is 65.8 Å². The van der Waals surface area contributed by atoms with Crippen molar-refractivity contribution in [1.29, 1.82) is 0 Å². The van der Waals surface area contributed by atoms with Crippen LogP contribution in [0.25, 0.3) is 11.3 Å². The van der Waals surface area contributed by atoms with Crippen molar-refractivity contribution in [2.75, 3.05) is 29.6 Å². The number of thioether (sulfide) groups is 1. The van der Waals surface area contributed by atoms with E-state index in [-0.39, 0.29) is 11.8 Å². The number of benzene rings is 1. The van der Waals surface area contributed by atoms with Gasteiger partial charge in [0.15, 0.2) is 5.82 Å². The SMILES string of the molecule is CSc1ccccc1NC(=O)C1CCCN(c2ccc(-c3ccncc3)nn2)C1. The van der Waals surface area contributed by atoms with E-state index in [4.69, 9.17) is 0 Å². The zero-order valence-electron chi connectivity index (χ0n) is 16.3. The van der Waals surface area contributed by atoms with E-state index in [1.807, 2.05) is 54.8 Å². The molecule has 4 rings (SSSR count). The lowest BCUT2D eigenvalue weighted by Crippen LogP contribution is -2.41. The van der Waals surface area contributed by atoms with Crippen molar-refractivity contribution in [2.45, 2.75) is 17.7 Å². The van der Waals surface area contributed by atoms with Crippen LogP contribution in [-0.2, 0) is 4.79 Å². The van der Waals surface area contributed by atoms with E-state index in [9.17, 15) is 4.79 Å². The quantitative estimate of drug-likeness (QED) is 0.644. The topological polar surface area (TPSA) is 71.0 Å². The molecule has 1 aliphatic rings. The first-order chi connectivity index (χ1) is 14.2. The van der Waals surface area contributed by atoms with Gasteiger partial charge in [0.25, 0.3) is 0 Å². The molecule has 0 spiro atoms. The Morgan fingerprint density at radius 2 is 1.93 bits per heavy atom. The van der Waals surface area contributed by atoms with Gasteiger partial charge in [0.2, 0.25) is 5.91 Å². The molecule has 148 valence electrons. The maximum absolute atomic E-state index is 12.9. The largest absolute Gasteiger partial charge is 0.354 e. The molecule has 29 heavy (non-hydrogen) atoms. The number of amides is 1. The molecule has 1 saturated heterocycles. The lowest BCUT2D eigenvalue weighted by atomic mass is 9.97. The molecule has 1 N–H and O–H groups in total. The van der Waals surface area contributed by atoms with Crippen molar-refractivity contribution in [1.82, 2.24) is 15.2 Å². The molecule has 3 heterocycles. The number of para-hydroxylation sites is 1. The molecule has 2 aromatic heterocycles. The van der Waals surface area contributed by atoms with Crippen molar-refractivity contribution < 1.29 is 4.79 Å². The van der Waals surface area contributed by atoms with Gasteiger partial charge < -0.3 is 10.2 Å². The number of piperidine rings is 1. The molecule has 6 nitrogen and oxygen atoms in total. The van der Waals surface area contributed by atoms with Crippen molar-refractivity contribution in [2.24, 2.45) is 5.92 Å². The molecule has 0 radical (unpaired) electrons. The minimum Gasteiger partial charge on any atom is -0.354 e. The zero-order chi connectivity index (χ0) is 20.1. The van der Waals surface area contributed by atoms with Gasteiger partial charge in [-0.3, -0.25) is 9.78 Å². The Labute approximate surface area is 174 Å². The van der Waals surface area contributed by atoms with Crippen LogP contribution < -0.4 is 10.2 Å². The predicted octanol–water partition coefficient (Wildman–Crippen LogP) is 4.12. The van der Waals surface area contributed by atoms with Gasteiger partial charge in [0.1, 0.15) is 0 Å². The van der Waals surface area contributed by atoms with Gasteiger partial charge in [-0.15, -0.1) is 22.0 Å². The molecule has 0 bridgehead atoms. The molecule has 0 aliphatic carbocycles. The van der Waals surface area contributed by atoms with E-state index in [0.717, 1.165) is 47.0 Å². The standard InChI is InChI=1S/C22H23N5OS/c1-29-20-7-3-2-6-19(20)24-22(28)17-5-4-14-27(15-17)21-9-8-18(25-26-21)16-10-12-23-13-11-16/h2-3,6-13,17H,4-5,14-15H2,1H3,(H,24,28). The van der Waals surface area contributed by atoms with Gasteiger partial charge in [-0.2, -0.15) is 0 Å². The number of carbonyl (C=O) groups excluding carboxylic acids is 1.